The van der Waals surface area contributed by atoms with Gasteiger partial charge in [-0.05, 0) is 37.5 Å². The van der Waals surface area contributed by atoms with Crippen molar-refractivity contribution in [2.45, 2.75) is 38.5 Å². The highest BCUT2D eigenvalue weighted by atomic mass is 16.5. The molecule has 1 aliphatic rings. The first-order valence-corrected chi connectivity index (χ1v) is 9.63. The number of carbonyl (C=O) groups excluding carboxylic acids is 2. The van der Waals surface area contributed by atoms with Crippen molar-refractivity contribution in [3.63, 3.8) is 0 Å². The predicted molar refractivity (Wildman–Crippen MR) is 107 cm³/mol. The van der Waals surface area contributed by atoms with Crippen LogP contribution in [0.15, 0.2) is 61.1 Å². The number of nitrogens with one attached hydrogen (secondary N) is 1. The fourth-order valence-corrected chi connectivity index (χ4v) is 2.96. The second-order valence-electron chi connectivity index (χ2n) is 7.15. The molecule has 4 rings (SSSR count). The minimum absolute atomic E-state index is 0.211. The molecule has 1 N–H and O–H groups in total. The molecule has 7 nitrogen and oxygen atoms in total. The Hall–Kier alpha value is -3.48. The topological polar surface area (TPSA) is 86.1 Å². The molecular weight excluding hydrogens is 368 g/mol. The van der Waals surface area contributed by atoms with Crippen LogP contribution < -0.4 is 5.32 Å². The molecule has 1 atom stereocenters. The van der Waals surface area contributed by atoms with Crippen molar-refractivity contribution < 1.29 is 14.3 Å². The zero-order valence-corrected chi connectivity index (χ0v) is 16.1. The lowest BCUT2D eigenvalue weighted by Crippen LogP contribution is -2.37. The molecule has 0 radical (unpaired) electrons. The largest absolute Gasteiger partial charge is 0.449 e. The first-order valence-electron chi connectivity index (χ1n) is 9.63. The maximum absolute atomic E-state index is 12.8. The molecule has 1 aromatic carbocycles. The number of ether oxygens (including phenoxy) is 1. The Morgan fingerprint density at radius 1 is 1.21 bits per heavy atom. The quantitative estimate of drug-likeness (QED) is 0.627. The lowest BCUT2D eigenvalue weighted by Gasteiger charge is -2.13. The third kappa shape index (κ3) is 4.68. The van der Waals surface area contributed by atoms with Gasteiger partial charge >= 0.3 is 5.97 Å². The monoisotopic (exact) mass is 390 g/mol. The number of nitrogens with zero attached hydrogens (tertiary/aromatic N) is 3. The standard InChI is InChI=1S/C22H22N4O3/c1-15(21(27)24-18-9-10-18)29-22(28)19-14-26(13-16-6-3-2-4-7-16)25-20(19)17-8-5-11-23-12-17/h2-8,11-12,14-15,18H,9-10,13H2,1H3,(H,24,27)/t15-/m0/s1. The zero-order valence-electron chi connectivity index (χ0n) is 16.1. The van der Waals surface area contributed by atoms with E-state index in [2.05, 4.69) is 15.4 Å². The number of amides is 1. The minimum Gasteiger partial charge on any atom is -0.449 e. The Bertz CT molecular complexity index is 997. The van der Waals surface area contributed by atoms with Gasteiger partial charge in [0.1, 0.15) is 11.3 Å². The molecule has 0 bridgehead atoms. The second kappa shape index (κ2) is 8.26. The van der Waals surface area contributed by atoms with Crippen LogP contribution in [0.1, 0.15) is 35.7 Å². The van der Waals surface area contributed by atoms with Crippen LogP contribution in [0.2, 0.25) is 0 Å². The third-order valence-corrected chi connectivity index (χ3v) is 4.68. The van der Waals surface area contributed by atoms with Gasteiger partial charge < -0.3 is 10.1 Å². The van der Waals surface area contributed by atoms with Gasteiger partial charge in [-0.25, -0.2) is 4.79 Å². The maximum atomic E-state index is 12.8. The van der Waals surface area contributed by atoms with Crippen LogP contribution in [0.3, 0.4) is 0 Å². The Kier molecular flexibility index (Phi) is 5.37. The lowest BCUT2D eigenvalue weighted by atomic mass is 10.1. The number of benzene rings is 1. The molecule has 1 fully saturated rings. The summed E-state index contributed by atoms with van der Waals surface area (Å²) in [7, 11) is 0. The van der Waals surface area contributed by atoms with Gasteiger partial charge in [0.05, 0.1) is 6.54 Å². The van der Waals surface area contributed by atoms with E-state index in [1.807, 2.05) is 36.4 Å². The zero-order chi connectivity index (χ0) is 20.2. The predicted octanol–water partition coefficient (Wildman–Crippen LogP) is 2.82. The molecule has 2 aromatic heterocycles. The Balaban J connectivity index is 1.58. The molecule has 1 amide bonds. The molecule has 0 unspecified atom stereocenters. The second-order valence-corrected chi connectivity index (χ2v) is 7.15. The van der Waals surface area contributed by atoms with Crippen LogP contribution in [0, 0.1) is 0 Å². The molecule has 1 saturated carbocycles. The summed E-state index contributed by atoms with van der Waals surface area (Å²) in [5, 5.41) is 7.43. The van der Waals surface area contributed by atoms with E-state index in [1.165, 1.54) is 0 Å². The summed E-state index contributed by atoms with van der Waals surface area (Å²) >= 11 is 0. The molecule has 0 aliphatic heterocycles. The highest BCUT2D eigenvalue weighted by molar-refractivity contribution is 5.97. The smallest absolute Gasteiger partial charge is 0.342 e. The fraction of sp³-hybridized carbons (Fsp3) is 0.273. The summed E-state index contributed by atoms with van der Waals surface area (Å²) in [5.41, 5.74) is 2.56. The maximum Gasteiger partial charge on any atom is 0.342 e. The molecule has 1 aliphatic carbocycles. The van der Waals surface area contributed by atoms with E-state index in [1.54, 1.807) is 36.3 Å². The Labute approximate surface area is 168 Å². The number of aromatic nitrogens is 3. The van der Waals surface area contributed by atoms with Gasteiger partial charge in [-0.3, -0.25) is 14.5 Å². The number of esters is 1. The van der Waals surface area contributed by atoms with Crippen LogP contribution in [0.25, 0.3) is 11.3 Å². The highest BCUT2D eigenvalue weighted by Crippen LogP contribution is 2.23. The van der Waals surface area contributed by atoms with Crippen LogP contribution in [0.4, 0.5) is 0 Å². The van der Waals surface area contributed by atoms with E-state index in [0.29, 0.717) is 23.4 Å². The average Bonchev–Trinajstić information content (AvgIpc) is 3.45. The Morgan fingerprint density at radius 2 is 2.00 bits per heavy atom. The van der Waals surface area contributed by atoms with Crippen molar-refractivity contribution >= 4 is 11.9 Å². The van der Waals surface area contributed by atoms with Gasteiger partial charge in [0, 0.05) is 30.2 Å². The van der Waals surface area contributed by atoms with E-state index in [4.69, 9.17) is 4.74 Å². The van der Waals surface area contributed by atoms with Gasteiger partial charge in [0.25, 0.3) is 5.91 Å². The van der Waals surface area contributed by atoms with E-state index < -0.39 is 12.1 Å². The number of carbonyl (C=O) groups is 2. The first kappa shape index (κ1) is 18.9. The van der Waals surface area contributed by atoms with Crippen LogP contribution >= 0.6 is 0 Å². The SMILES string of the molecule is C[C@H](OC(=O)c1cn(Cc2ccccc2)nc1-c1cccnc1)C(=O)NC1CC1. The molecule has 2 heterocycles. The van der Waals surface area contributed by atoms with Crippen molar-refractivity contribution in [1.29, 1.82) is 0 Å². The molecule has 0 spiro atoms. The lowest BCUT2D eigenvalue weighted by molar-refractivity contribution is -0.129. The normalized spacial score (nSPS) is 14.2. The molecule has 0 saturated heterocycles. The summed E-state index contributed by atoms with van der Waals surface area (Å²) in [5.74, 6) is -0.859. The highest BCUT2D eigenvalue weighted by Gasteiger charge is 2.28. The minimum atomic E-state index is -0.873. The van der Waals surface area contributed by atoms with Gasteiger partial charge in [-0.2, -0.15) is 5.10 Å². The number of pyridine rings is 1. The van der Waals surface area contributed by atoms with Gasteiger partial charge in [-0.1, -0.05) is 30.3 Å². The van der Waals surface area contributed by atoms with Crippen LogP contribution in [0.5, 0.6) is 0 Å². The van der Waals surface area contributed by atoms with Crippen molar-refractivity contribution in [2.24, 2.45) is 0 Å². The Morgan fingerprint density at radius 3 is 2.69 bits per heavy atom. The van der Waals surface area contributed by atoms with E-state index in [9.17, 15) is 9.59 Å². The molecule has 29 heavy (non-hydrogen) atoms. The first-order chi connectivity index (χ1) is 14.1. The summed E-state index contributed by atoms with van der Waals surface area (Å²) in [4.78, 5) is 29.1. The third-order valence-electron chi connectivity index (χ3n) is 4.68. The molecule has 7 heteroatoms. The van der Waals surface area contributed by atoms with E-state index >= 15 is 0 Å². The van der Waals surface area contributed by atoms with Gasteiger partial charge in [0.15, 0.2) is 6.10 Å². The summed E-state index contributed by atoms with van der Waals surface area (Å²) in [6.45, 7) is 2.09. The van der Waals surface area contributed by atoms with Crippen molar-refractivity contribution in [3.8, 4) is 11.3 Å². The number of rotatable bonds is 7. The van der Waals surface area contributed by atoms with Crippen LogP contribution in [-0.4, -0.2) is 38.8 Å². The van der Waals surface area contributed by atoms with E-state index in [-0.39, 0.29) is 11.9 Å². The summed E-state index contributed by atoms with van der Waals surface area (Å²) in [6.07, 6.45) is 6.04. The summed E-state index contributed by atoms with van der Waals surface area (Å²) < 4.78 is 7.13. The number of hydrogen-bond donors (Lipinski definition) is 1. The van der Waals surface area contributed by atoms with Crippen molar-refractivity contribution in [1.82, 2.24) is 20.1 Å². The van der Waals surface area contributed by atoms with Gasteiger partial charge in [-0.15, -0.1) is 0 Å². The van der Waals surface area contributed by atoms with Crippen molar-refractivity contribution in [3.05, 3.63) is 72.2 Å². The molecule has 148 valence electrons. The molecule has 3 aromatic rings. The van der Waals surface area contributed by atoms with E-state index in [0.717, 1.165) is 18.4 Å². The fourth-order valence-electron chi connectivity index (χ4n) is 2.96. The van der Waals surface area contributed by atoms with Crippen LogP contribution in [-0.2, 0) is 16.1 Å². The van der Waals surface area contributed by atoms with Gasteiger partial charge in [0.2, 0.25) is 0 Å². The van der Waals surface area contributed by atoms with Crippen molar-refractivity contribution in [2.75, 3.05) is 0 Å². The number of hydrogen-bond acceptors (Lipinski definition) is 5. The molecular formula is C22H22N4O3. The summed E-state index contributed by atoms with van der Waals surface area (Å²) in [6, 6.07) is 13.7. The average molecular weight is 390 g/mol.